The maximum absolute atomic E-state index is 5.47. The monoisotopic (exact) mass is 295 g/mol. The molecule has 7 nitrogen and oxygen atoms in total. The largest absolute Gasteiger partial charge is 0.381 e. The number of aliphatic imine (C=N–C) groups is 1. The Balaban J connectivity index is 1.96. The first-order valence-corrected chi connectivity index (χ1v) is 7.34. The van der Waals surface area contributed by atoms with Crippen LogP contribution >= 0.6 is 0 Å². The first-order chi connectivity index (χ1) is 9.97. The highest BCUT2D eigenvalue weighted by atomic mass is 16.5. The van der Waals surface area contributed by atoms with E-state index in [0.717, 1.165) is 18.9 Å². The lowest BCUT2D eigenvalue weighted by Gasteiger charge is -2.51. The number of aromatic nitrogens is 2. The van der Waals surface area contributed by atoms with Gasteiger partial charge in [0.05, 0.1) is 6.10 Å². The van der Waals surface area contributed by atoms with E-state index >= 15 is 0 Å². The van der Waals surface area contributed by atoms with Crippen LogP contribution in [0.1, 0.15) is 38.9 Å². The third kappa shape index (κ3) is 3.53. The van der Waals surface area contributed by atoms with Crippen LogP contribution in [-0.2, 0) is 11.3 Å². The molecule has 0 aromatic carbocycles. The Hall–Kier alpha value is -1.63. The Morgan fingerprint density at radius 1 is 1.52 bits per heavy atom. The Morgan fingerprint density at radius 3 is 2.81 bits per heavy atom. The smallest absolute Gasteiger partial charge is 0.248 e. The molecule has 1 aliphatic rings. The molecule has 2 unspecified atom stereocenters. The van der Waals surface area contributed by atoms with Gasteiger partial charge in [0.2, 0.25) is 5.89 Å². The van der Waals surface area contributed by atoms with Gasteiger partial charge in [0.15, 0.2) is 11.8 Å². The minimum Gasteiger partial charge on any atom is -0.381 e. The fourth-order valence-electron chi connectivity index (χ4n) is 2.57. The van der Waals surface area contributed by atoms with E-state index in [2.05, 4.69) is 39.6 Å². The molecular formula is C14H25N5O2. The summed E-state index contributed by atoms with van der Waals surface area (Å²) in [5.74, 6) is 1.91. The Morgan fingerprint density at radius 2 is 2.29 bits per heavy atom. The molecule has 21 heavy (non-hydrogen) atoms. The van der Waals surface area contributed by atoms with Crippen molar-refractivity contribution < 1.29 is 9.26 Å². The van der Waals surface area contributed by atoms with Crippen molar-refractivity contribution >= 4 is 5.96 Å². The maximum atomic E-state index is 5.47. The number of methoxy groups -OCH3 is 1. The number of guanidine groups is 1. The molecule has 0 bridgehead atoms. The summed E-state index contributed by atoms with van der Waals surface area (Å²) in [6, 6.07) is 0.338. The van der Waals surface area contributed by atoms with E-state index < -0.39 is 0 Å². The van der Waals surface area contributed by atoms with Gasteiger partial charge in [0, 0.05) is 25.1 Å². The third-order valence-corrected chi connectivity index (χ3v) is 4.06. The standard InChI is InChI=1S/C14H25N5O2/c1-6-15-13(16-8-12-17-9(2)19-21-12)18-10-7-11(20-5)14(10,3)4/h10-11H,6-8H2,1-5H3,(H2,15,16,18). The summed E-state index contributed by atoms with van der Waals surface area (Å²) < 4.78 is 10.5. The normalized spacial score (nSPS) is 24.5. The molecule has 1 aromatic heterocycles. The van der Waals surface area contributed by atoms with Crippen molar-refractivity contribution in [1.29, 1.82) is 0 Å². The number of hydrogen-bond donors (Lipinski definition) is 2. The van der Waals surface area contributed by atoms with E-state index in [9.17, 15) is 0 Å². The molecule has 0 spiro atoms. The average molecular weight is 295 g/mol. The van der Waals surface area contributed by atoms with Gasteiger partial charge in [-0.05, 0) is 20.3 Å². The zero-order valence-corrected chi connectivity index (χ0v) is 13.4. The lowest BCUT2D eigenvalue weighted by Crippen LogP contribution is -2.63. The predicted octanol–water partition coefficient (Wildman–Crippen LogP) is 1.25. The number of ether oxygens (including phenoxy) is 1. The topological polar surface area (TPSA) is 84.6 Å². The fraction of sp³-hybridized carbons (Fsp3) is 0.786. The van der Waals surface area contributed by atoms with Gasteiger partial charge in [0.1, 0.15) is 6.54 Å². The van der Waals surface area contributed by atoms with Gasteiger partial charge in [0.25, 0.3) is 0 Å². The van der Waals surface area contributed by atoms with Crippen molar-refractivity contribution in [2.75, 3.05) is 13.7 Å². The molecule has 0 radical (unpaired) electrons. The minimum atomic E-state index is 0.0893. The summed E-state index contributed by atoms with van der Waals surface area (Å²) in [5, 5.41) is 10.5. The number of aryl methyl sites for hydroxylation is 1. The van der Waals surface area contributed by atoms with Gasteiger partial charge < -0.3 is 19.9 Å². The van der Waals surface area contributed by atoms with E-state index in [4.69, 9.17) is 9.26 Å². The summed E-state index contributed by atoms with van der Waals surface area (Å²) >= 11 is 0. The van der Waals surface area contributed by atoms with E-state index in [1.807, 2.05) is 6.92 Å². The summed E-state index contributed by atoms with van der Waals surface area (Å²) in [6.07, 6.45) is 1.27. The van der Waals surface area contributed by atoms with Gasteiger partial charge in [-0.1, -0.05) is 19.0 Å². The van der Waals surface area contributed by atoms with Crippen LogP contribution in [0.5, 0.6) is 0 Å². The van der Waals surface area contributed by atoms with Crippen LogP contribution in [0.2, 0.25) is 0 Å². The minimum absolute atomic E-state index is 0.0893. The van der Waals surface area contributed by atoms with Crippen LogP contribution in [-0.4, -0.2) is 41.9 Å². The summed E-state index contributed by atoms with van der Waals surface area (Å²) in [7, 11) is 1.76. The number of nitrogens with one attached hydrogen (secondary N) is 2. The van der Waals surface area contributed by atoms with Crippen LogP contribution in [0, 0.1) is 12.3 Å². The van der Waals surface area contributed by atoms with Crippen molar-refractivity contribution in [3.05, 3.63) is 11.7 Å². The molecule has 1 aromatic rings. The highest BCUT2D eigenvalue weighted by Gasteiger charge is 2.48. The molecular weight excluding hydrogens is 270 g/mol. The SMILES string of the molecule is CCNC(=NCc1nc(C)no1)NC1CC(OC)C1(C)C. The Labute approximate surface area is 125 Å². The van der Waals surface area contributed by atoms with Crippen LogP contribution in [0.4, 0.5) is 0 Å². The van der Waals surface area contributed by atoms with Crippen molar-refractivity contribution in [3.8, 4) is 0 Å². The van der Waals surface area contributed by atoms with Gasteiger partial charge in [-0.15, -0.1) is 0 Å². The summed E-state index contributed by atoms with van der Waals surface area (Å²) in [5.41, 5.74) is 0.0893. The second-order valence-electron chi connectivity index (χ2n) is 5.91. The van der Waals surface area contributed by atoms with Crippen molar-refractivity contribution in [2.45, 2.75) is 52.8 Å². The van der Waals surface area contributed by atoms with E-state index in [1.54, 1.807) is 14.0 Å². The number of hydrogen-bond acceptors (Lipinski definition) is 5. The van der Waals surface area contributed by atoms with Crippen molar-refractivity contribution in [1.82, 2.24) is 20.8 Å². The number of rotatable bonds is 5. The molecule has 2 atom stereocenters. The van der Waals surface area contributed by atoms with Crippen LogP contribution < -0.4 is 10.6 Å². The van der Waals surface area contributed by atoms with Crippen LogP contribution in [0.25, 0.3) is 0 Å². The molecule has 1 heterocycles. The quantitative estimate of drug-likeness (QED) is 0.628. The van der Waals surface area contributed by atoms with Crippen LogP contribution in [0.15, 0.2) is 9.52 Å². The van der Waals surface area contributed by atoms with E-state index in [-0.39, 0.29) is 11.5 Å². The second kappa shape index (κ2) is 6.43. The molecule has 0 aliphatic heterocycles. The van der Waals surface area contributed by atoms with Gasteiger partial charge >= 0.3 is 0 Å². The van der Waals surface area contributed by atoms with Gasteiger partial charge in [-0.25, -0.2) is 4.99 Å². The highest BCUT2D eigenvalue weighted by Crippen LogP contribution is 2.42. The van der Waals surface area contributed by atoms with E-state index in [0.29, 0.717) is 24.3 Å². The maximum Gasteiger partial charge on any atom is 0.248 e. The molecule has 7 heteroatoms. The molecule has 1 aliphatic carbocycles. The zero-order chi connectivity index (χ0) is 15.5. The van der Waals surface area contributed by atoms with Gasteiger partial charge in [-0.2, -0.15) is 4.98 Å². The summed E-state index contributed by atoms with van der Waals surface area (Å²) in [6.45, 7) is 9.41. The van der Waals surface area contributed by atoms with Crippen LogP contribution in [0.3, 0.4) is 0 Å². The predicted molar refractivity (Wildman–Crippen MR) is 80.0 cm³/mol. The first kappa shape index (κ1) is 15.8. The fourth-order valence-corrected chi connectivity index (χ4v) is 2.57. The molecule has 2 N–H and O–H groups in total. The Kier molecular flexibility index (Phi) is 4.82. The van der Waals surface area contributed by atoms with E-state index in [1.165, 1.54) is 0 Å². The molecule has 1 fully saturated rings. The molecule has 0 amide bonds. The Bertz CT molecular complexity index is 497. The van der Waals surface area contributed by atoms with Crippen molar-refractivity contribution in [2.24, 2.45) is 10.4 Å². The first-order valence-electron chi connectivity index (χ1n) is 7.34. The molecule has 118 valence electrons. The summed E-state index contributed by atoms with van der Waals surface area (Å²) in [4.78, 5) is 8.64. The van der Waals surface area contributed by atoms with Crippen molar-refractivity contribution in [3.63, 3.8) is 0 Å². The molecule has 0 saturated heterocycles. The van der Waals surface area contributed by atoms with Gasteiger partial charge in [-0.3, -0.25) is 0 Å². The highest BCUT2D eigenvalue weighted by molar-refractivity contribution is 5.80. The third-order valence-electron chi connectivity index (χ3n) is 4.06. The zero-order valence-electron chi connectivity index (χ0n) is 13.4. The lowest BCUT2D eigenvalue weighted by molar-refractivity contribution is -0.0922. The second-order valence-corrected chi connectivity index (χ2v) is 5.91. The average Bonchev–Trinajstić information content (AvgIpc) is 2.85. The number of nitrogens with zero attached hydrogens (tertiary/aromatic N) is 3. The lowest BCUT2D eigenvalue weighted by atomic mass is 9.64. The molecule has 2 rings (SSSR count). The molecule has 1 saturated carbocycles.